The van der Waals surface area contributed by atoms with Gasteiger partial charge in [-0.15, -0.1) is 0 Å². The van der Waals surface area contributed by atoms with Gasteiger partial charge in [-0.05, 0) is 44.4 Å². The minimum absolute atomic E-state index is 0.129. The molecule has 2 saturated carbocycles. The summed E-state index contributed by atoms with van der Waals surface area (Å²) in [4.78, 5) is 14.9. The summed E-state index contributed by atoms with van der Waals surface area (Å²) in [6.45, 7) is 4.43. The van der Waals surface area contributed by atoms with Crippen molar-refractivity contribution in [1.82, 2.24) is 10.2 Å². The van der Waals surface area contributed by atoms with Crippen molar-refractivity contribution in [2.24, 2.45) is 5.92 Å². The molecule has 0 aromatic heterocycles. The Bertz CT molecular complexity index is 327. The Labute approximate surface area is 110 Å². The number of carbonyl (C=O) groups is 1. The molecule has 2 aliphatic carbocycles. The molecule has 1 unspecified atom stereocenters. The van der Waals surface area contributed by atoms with Gasteiger partial charge in [0.2, 0.25) is 5.91 Å². The third-order valence-electron chi connectivity index (χ3n) is 5.30. The largest absolute Gasteiger partial charge is 0.322 e. The Morgan fingerprint density at radius 2 is 1.89 bits per heavy atom. The van der Waals surface area contributed by atoms with Gasteiger partial charge in [-0.2, -0.15) is 0 Å². The Morgan fingerprint density at radius 3 is 2.39 bits per heavy atom. The summed E-state index contributed by atoms with van der Waals surface area (Å²) < 4.78 is 0. The van der Waals surface area contributed by atoms with Crippen molar-refractivity contribution in [3.05, 3.63) is 0 Å². The lowest BCUT2D eigenvalue weighted by atomic mass is 10.0. The van der Waals surface area contributed by atoms with Gasteiger partial charge in [0.05, 0.1) is 11.7 Å². The van der Waals surface area contributed by atoms with E-state index in [-0.39, 0.29) is 5.54 Å². The summed E-state index contributed by atoms with van der Waals surface area (Å²) >= 11 is 0. The summed E-state index contributed by atoms with van der Waals surface area (Å²) in [5.74, 6) is 1.11. The first-order valence-corrected chi connectivity index (χ1v) is 7.82. The number of carbonyl (C=O) groups excluding carboxylic acids is 1. The van der Waals surface area contributed by atoms with E-state index in [1.807, 2.05) is 0 Å². The Hall–Kier alpha value is -0.570. The van der Waals surface area contributed by atoms with Gasteiger partial charge in [0.15, 0.2) is 0 Å². The fourth-order valence-corrected chi connectivity index (χ4v) is 3.96. The van der Waals surface area contributed by atoms with Crippen LogP contribution in [-0.2, 0) is 4.79 Å². The molecule has 1 atom stereocenters. The van der Waals surface area contributed by atoms with Crippen molar-refractivity contribution < 1.29 is 4.79 Å². The highest BCUT2D eigenvalue weighted by Crippen LogP contribution is 2.46. The van der Waals surface area contributed by atoms with Gasteiger partial charge in [0, 0.05) is 6.04 Å². The average Bonchev–Trinajstić information content (AvgIpc) is 2.85. The fourth-order valence-electron chi connectivity index (χ4n) is 3.96. The molecule has 0 bridgehead atoms. The highest BCUT2D eigenvalue weighted by molar-refractivity contribution is 5.92. The quantitative estimate of drug-likeness (QED) is 0.832. The monoisotopic (exact) mass is 250 g/mol. The molecule has 102 valence electrons. The topological polar surface area (TPSA) is 32.3 Å². The van der Waals surface area contributed by atoms with Crippen LogP contribution >= 0.6 is 0 Å². The van der Waals surface area contributed by atoms with E-state index in [9.17, 15) is 4.79 Å². The molecule has 0 aromatic carbocycles. The van der Waals surface area contributed by atoms with Gasteiger partial charge >= 0.3 is 0 Å². The van der Waals surface area contributed by atoms with Crippen LogP contribution in [0.25, 0.3) is 0 Å². The van der Waals surface area contributed by atoms with Crippen LogP contribution in [-0.4, -0.2) is 28.6 Å². The summed E-state index contributed by atoms with van der Waals surface area (Å²) in [5.41, 5.74) is -0.129. The van der Waals surface area contributed by atoms with Gasteiger partial charge < -0.3 is 4.90 Å². The van der Waals surface area contributed by atoms with E-state index in [1.165, 1.54) is 25.7 Å². The van der Waals surface area contributed by atoms with Gasteiger partial charge in [-0.1, -0.05) is 26.7 Å². The third kappa shape index (κ3) is 1.78. The molecule has 0 aromatic rings. The molecule has 1 amide bonds. The molecule has 1 spiro atoms. The maximum Gasteiger partial charge on any atom is 0.244 e. The smallest absolute Gasteiger partial charge is 0.244 e. The van der Waals surface area contributed by atoms with Gasteiger partial charge in [-0.3, -0.25) is 10.1 Å². The molecule has 1 saturated heterocycles. The Morgan fingerprint density at radius 1 is 1.28 bits per heavy atom. The van der Waals surface area contributed by atoms with E-state index in [0.29, 0.717) is 24.0 Å². The van der Waals surface area contributed by atoms with Crippen molar-refractivity contribution >= 4 is 5.91 Å². The molecule has 3 rings (SSSR count). The molecule has 0 radical (unpaired) electrons. The highest BCUT2D eigenvalue weighted by atomic mass is 16.2. The zero-order valence-electron chi connectivity index (χ0n) is 11.7. The maximum atomic E-state index is 12.7. The van der Waals surface area contributed by atoms with Crippen LogP contribution in [0.4, 0.5) is 0 Å². The number of amides is 1. The summed E-state index contributed by atoms with van der Waals surface area (Å²) in [6, 6.07) is 0.440. The molecular weight excluding hydrogens is 224 g/mol. The van der Waals surface area contributed by atoms with E-state index in [4.69, 9.17) is 0 Å². The first-order chi connectivity index (χ1) is 8.72. The first kappa shape index (κ1) is 12.5. The minimum Gasteiger partial charge on any atom is -0.322 e. The number of rotatable bonds is 4. The minimum atomic E-state index is -0.129. The van der Waals surface area contributed by atoms with E-state index in [2.05, 4.69) is 24.1 Å². The number of hydrogen-bond donors (Lipinski definition) is 1. The summed E-state index contributed by atoms with van der Waals surface area (Å²) in [6.07, 6.45) is 9.94. The van der Waals surface area contributed by atoms with Crippen molar-refractivity contribution in [1.29, 1.82) is 0 Å². The Balaban J connectivity index is 1.83. The third-order valence-corrected chi connectivity index (χ3v) is 5.30. The van der Waals surface area contributed by atoms with Crippen LogP contribution in [0, 0.1) is 5.92 Å². The molecule has 3 fully saturated rings. The molecule has 1 N–H and O–H groups in total. The van der Waals surface area contributed by atoms with Crippen LogP contribution in [0.5, 0.6) is 0 Å². The SMILES string of the molecule is CCC(CC)N1C(=O)C2(CC2)NC1C1CCCC1. The van der Waals surface area contributed by atoms with E-state index >= 15 is 0 Å². The fraction of sp³-hybridized carbons (Fsp3) is 0.933. The number of hydrogen-bond acceptors (Lipinski definition) is 2. The number of nitrogens with one attached hydrogen (secondary N) is 1. The molecule has 3 heteroatoms. The van der Waals surface area contributed by atoms with Crippen molar-refractivity contribution in [2.75, 3.05) is 0 Å². The zero-order chi connectivity index (χ0) is 12.8. The summed E-state index contributed by atoms with van der Waals surface area (Å²) in [5, 5.41) is 3.71. The highest BCUT2D eigenvalue weighted by Gasteiger charge is 2.61. The second-order valence-corrected chi connectivity index (χ2v) is 6.40. The molecular formula is C15H26N2O. The van der Waals surface area contributed by atoms with E-state index < -0.39 is 0 Å². The van der Waals surface area contributed by atoms with Gasteiger partial charge in [0.1, 0.15) is 0 Å². The lowest BCUT2D eigenvalue weighted by Gasteiger charge is -2.34. The average molecular weight is 250 g/mol. The molecule has 1 aliphatic heterocycles. The van der Waals surface area contributed by atoms with Crippen LogP contribution < -0.4 is 5.32 Å². The van der Waals surface area contributed by atoms with Crippen molar-refractivity contribution in [3.63, 3.8) is 0 Å². The predicted molar refractivity (Wildman–Crippen MR) is 72.1 cm³/mol. The van der Waals surface area contributed by atoms with E-state index in [0.717, 1.165) is 25.7 Å². The Kier molecular flexibility index (Phi) is 3.13. The summed E-state index contributed by atoms with van der Waals surface area (Å²) in [7, 11) is 0. The molecule has 1 heterocycles. The van der Waals surface area contributed by atoms with E-state index in [1.54, 1.807) is 0 Å². The first-order valence-electron chi connectivity index (χ1n) is 7.82. The van der Waals surface area contributed by atoms with Crippen LogP contribution in [0.3, 0.4) is 0 Å². The predicted octanol–water partition coefficient (Wildman–Crippen LogP) is 2.66. The molecule has 18 heavy (non-hydrogen) atoms. The lowest BCUT2D eigenvalue weighted by Crippen LogP contribution is -2.47. The van der Waals surface area contributed by atoms with Gasteiger partial charge in [0.25, 0.3) is 0 Å². The number of nitrogens with zero attached hydrogens (tertiary/aromatic N) is 1. The second-order valence-electron chi connectivity index (χ2n) is 6.40. The zero-order valence-corrected chi connectivity index (χ0v) is 11.7. The van der Waals surface area contributed by atoms with Crippen LogP contribution in [0.2, 0.25) is 0 Å². The normalized spacial score (nSPS) is 30.9. The van der Waals surface area contributed by atoms with Crippen LogP contribution in [0.15, 0.2) is 0 Å². The van der Waals surface area contributed by atoms with Gasteiger partial charge in [-0.25, -0.2) is 0 Å². The second kappa shape index (κ2) is 4.52. The maximum absolute atomic E-state index is 12.7. The standard InChI is InChI=1S/C15H26N2O/c1-3-12(4-2)17-13(11-7-5-6-8-11)16-15(9-10-15)14(17)18/h11-13,16H,3-10H2,1-2H3. The lowest BCUT2D eigenvalue weighted by molar-refractivity contribution is -0.133. The molecule has 3 nitrogen and oxygen atoms in total. The molecule has 3 aliphatic rings. The van der Waals surface area contributed by atoms with Crippen molar-refractivity contribution in [3.8, 4) is 0 Å². The van der Waals surface area contributed by atoms with Crippen LogP contribution in [0.1, 0.15) is 65.2 Å². The van der Waals surface area contributed by atoms with Crippen molar-refractivity contribution in [2.45, 2.75) is 83.0 Å².